The Labute approximate surface area is 189 Å². The van der Waals surface area contributed by atoms with Gasteiger partial charge in [0.25, 0.3) is 0 Å². The second kappa shape index (κ2) is 13.0. The number of rotatable bonds is 12. The summed E-state index contributed by atoms with van der Waals surface area (Å²) in [6.07, 6.45) is 7.11. The zero-order valence-electron chi connectivity index (χ0n) is 18.2. The van der Waals surface area contributed by atoms with Gasteiger partial charge in [-0.2, -0.15) is 0 Å². The number of hydrogen-bond acceptors (Lipinski definition) is 6. The average Bonchev–Trinajstić information content (AvgIpc) is 2.81. The maximum atomic E-state index is 9.82. The van der Waals surface area contributed by atoms with E-state index in [-0.39, 0.29) is 11.5 Å². The van der Waals surface area contributed by atoms with Gasteiger partial charge in [-0.25, -0.2) is 0 Å². The Morgan fingerprint density at radius 3 is 1.75 bits per heavy atom. The van der Waals surface area contributed by atoms with Gasteiger partial charge in [0.2, 0.25) is 0 Å². The van der Waals surface area contributed by atoms with Gasteiger partial charge in [0.1, 0.15) is 11.5 Å². The van der Waals surface area contributed by atoms with E-state index in [0.717, 1.165) is 49.3 Å². The minimum atomic E-state index is 0.248. The number of phenols is 2. The van der Waals surface area contributed by atoms with E-state index in [1.807, 2.05) is 48.7 Å². The van der Waals surface area contributed by atoms with E-state index in [2.05, 4.69) is 19.9 Å². The van der Waals surface area contributed by atoms with Gasteiger partial charge in [-0.3, -0.25) is 19.9 Å². The summed E-state index contributed by atoms with van der Waals surface area (Å²) in [6, 6.07) is 20.4. The molecule has 6 heteroatoms. The van der Waals surface area contributed by atoms with Crippen molar-refractivity contribution in [1.29, 1.82) is 0 Å². The molecule has 0 amide bonds. The molecular formula is C26H30N4O2. The molecule has 0 saturated carbocycles. The summed E-state index contributed by atoms with van der Waals surface area (Å²) >= 11 is 0. The topological polar surface area (TPSA) is 81.3 Å². The van der Waals surface area contributed by atoms with E-state index in [1.165, 1.54) is 0 Å². The van der Waals surface area contributed by atoms with E-state index in [1.54, 1.807) is 36.7 Å². The van der Waals surface area contributed by atoms with Crippen LogP contribution in [0.2, 0.25) is 0 Å². The molecule has 0 aliphatic rings. The van der Waals surface area contributed by atoms with Crippen LogP contribution in [-0.2, 0) is 6.54 Å². The van der Waals surface area contributed by atoms with Crippen LogP contribution < -0.4 is 0 Å². The van der Waals surface area contributed by atoms with E-state index in [9.17, 15) is 10.2 Å². The number of pyridine rings is 1. The zero-order valence-corrected chi connectivity index (χ0v) is 18.2. The van der Waals surface area contributed by atoms with Gasteiger partial charge in [0, 0.05) is 62.5 Å². The third-order valence-electron chi connectivity index (χ3n) is 4.97. The van der Waals surface area contributed by atoms with Crippen LogP contribution in [0.5, 0.6) is 11.5 Å². The van der Waals surface area contributed by atoms with Gasteiger partial charge < -0.3 is 10.2 Å². The number of nitrogens with zero attached hydrogens (tertiary/aromatic N) is 4. The van der Waals surface area contributed by atoms with E-state index < -0.39 is 0 Å². The maximum absolute atomic E-state index is 9.82. The molecule has 3 rings (SSSR count). The van der Waals surface area contributed by atoms with Crippen LogP contribution in [0.4, 0.5) is 0 Å². The number of benzene rings is 2. The molecule has 1 aromatic heterocycles. The standard InChI is InChI=1S/C26H30N4O2/c31-25-12-3-1-9-22(25)19-27-14-7-17-30(21-24-11-5-6-16-29-24)18-8-15-28-20-23-10-2-4-13-26(23)32/h1-6,9-13,16,19-20,31-32H,7-8,14-15,17-18,21H2. The monoisotopic (exact) mass is 430 g/mol. The molecule has 0 unspecified atom stereocenters. The largest absolute Gasteiger partial charge is 0.507 e. The van der Waals surface area contributed by atoms with Gasteiger partial charge in [0.05, 0.1) is 5.69 Å². The van der Waals surface area contributed by atoms with Crippen LogP contribution >= 0.6 is 0 Å². The van der Waals surface area contributed by atoms with Crippen molar-refractivity contribution in [2.75, 3.05) is 26.2 Å². The highest BCUT2D eigenvalue weighted by Gasteiger charge is 2.06. The lowest BCUT2D eigenvalue weighted by Crippen LogP contribution is -2.27. The predicted molar refractivity (Wildman–Crippen MR) is 130 cm³/mol. The van der Waals surface area contributed by atoms with Crippen molar-refractivity contribution in [2.45, 2.75) is 19.4 Å². The third-order valence-corrected chi connectivity index (χ3v) is 4.97. The van der Waals surface area contributed by atoms with Crippen molar-refractivity contribution < 1.29 is 10.2 Å². The molecule has 0 saturated heterocycles. The third kappa shape index (κ3) is 7.96. The maximum Gasteiger partial charge on any atom is 0.124 e. The highest BCUT2D eigenvalue weighted by atomic mass is 16.3. The molecule has 3 aromatic rings. The van der Waals surface area contributed by atoms with Crippen molar-refractivity contribution in [3.05, 3.63) is 89.7 Å². The van der Waals surface area contributed by atoms with E-state index in [4.69, 9.17) is 0 Å². The van der Waals surface area contributed by atoms with Crippen molar-refractivity contribution >= 4 is 12.4 Å². The van der Waals surface area contributed by atoms with Crippen LogP contribution in [0.15, 0.2) is 82.9 Å². The Kier molecular flexibility index (Phi) is 9.42. The Balaban J connectivity index is 1.47. The van der Waals surface area contributed by atoms with Crippen LogP contribution in [0, 0.1) is 0 Å². The first-order valence-electron chi connectivity index (χ1n) is 10.9. The fourth-order valence-electron chi connectivity index (χ4n) is 3.28. The van der Waals surface area contributed by atoms with Crippen molar-refractivity contribution in [2.24, 2.45) is 9.98 Å². The Bertz CT molecular complexity index is 944. The highest BCUT2D eigenvalue weighted by molar-refractivity contribution is 5.83. The van der Waals surface area contributed by atoms with E-state index in [0.29, 0.717) is 13.1 Å². The number of hydrogen-bond donors (Lipinski definition) is 2. The van der Waals surface area contributed by atoms with Crippen LogP contribution in [0.25, 0.3) is 0 Å². The van der Waals surface area contributed by atoms with Crippen molar-refractivity contribution in [3.63, 3.8) is 0 Å². The molecule has 32 heavy (non-hydrogen) atoms. The Morgan fingerprint density at radius 2 is 1.25 bits per heavy atom. The molecule has 0 atom stereocenters. The first kappa shape index (κ1) is 23.2. The quantitative estimate of drug-likeness (QED) is 0.331. The van der Waals surface area contributed by atoms with Crippen molar-refractivity contribution in [1.82, 2.24) is 9.88 Å². The van der Waals surface area contributed by atoms with Gasteiger partial charge >= 0.3 is 0 Å². The minimum absolute atomic E-state index is 0.248. The molecular weight excluding hydrogens is 400 g/mol. The van der Waals surface area contributed by atoms with Crippen LogP contribution in [0.1, 0.15) is 29.7 Å². The lowest BCUT2D eigenvalue weighted by Gasteiger charge is -2.21. The normalized spacial score (nSPS) is 11.7. The number of para-hydroxylation sites is 2. The molecule has 1 heterocycles. The van der Waals surface area contributed by atoms with Crippen molar-refractivity contribution in [3.8, 4) is 11.5 Å². The highest BCUT2D eigenvalue weighted by Crippen LogP contribution is 2.13. The number of aromatic nitrogens is 1. The smallest absolute Gasteiger partial charge is 0.124 e. The summed E-state index contributed by atoms with van der Waals surface area (Å²) in [5, 5.41) is 19.6. The fourth-order valence-corrected chi connectivity index (χ4v) is 3.28. The molecule has 0 radical (unpaired) electrons. The van der Waals surface area contributed by atoms with Crippen LogP contribution in [-0.4, -0.2) is 58.7 Å². The second-order valence-electron chi connectivity index (χ2n) is 7.49. The second-order valence-corrected chi connectivity index (χ2v) is 7.49. The molecule has 0 aliphatic carbocycles. The lowest BCUT2D eigenvalue weighted by molar-refractivity contribution is 0.259. The first-order valence-corrected chi connectivity index (χ1v) is 10.9. The zero-order chi connectivity index (χ0) is 22.4. The Morgan fingerprint density at radius 1 is 0.719 bits per heavy atom. The number of aliphatic imine (C=N–C) groups is 2. The molecule has 2 N–H and O–H groups in total. The fraction of sp³-hybridized carbons (Fsp3) is 0.269. The van der Waals surface area contributed by atoms with Gasteiger partial charge in [-0.1, -0.05) is 30.3 Å². The summed E-state index contributed by atoms with van der Waals surface area (Å²) in [5.74, 6) is 0.495. The summed E-state index contributed by atoms with van der Waals surface area (Å²) in [4.78, 5) is 15.7. The Hall–Kier alpha value is -3.51. The summed E-state index contributed by atoms with van der Waals surface area (Å²) in [6.45, 7) is 3.97. The number of aromatic hydroxyl groups is 2. The molecule has 0 aliphatic heterocycles. The van der Waals surface area contributed by atoms with Gasteiger partial charge in [-0.15, -0.1) is 0 Å². The van der Waals surface area contributed by atoms with Gasteiger partial charge in [-0.05, 0) is 49.2 Å². The molecule has 166 valence electrons. The predicted octanol–water partition coefficient (Wildman–Crippen LogP) is 4.31. The van der Waals surface area contributed by atoms with E-state index >= 15 is 0 Å². The summed E-state index contributed by atoms with van der Waals surface area (Å²) in [5.41, 5.74) is 2.52. The van der Waals surface area contributed by atoms with Crippen LogP contribution in [0.3, 0.4) is 0 Å². The molecule has 0 fully saturated rings. The summed E-state index contributed by atoms with van der Waals surface area (Å²) < 4.78 is 0. The first-order chi connectivity index (χ1) is 15.7. The molecule has 0 spiro atoms. The lowest BCUT2D eigenvalue weighted by atomic mass is 10.2. The van der Waals surface area contributed by atoms with Gasteiger partial charge in [0.15, 0.2) is 0 Å². The molecule has 2 aromatic carbocycles. The minimum Gasteiger partial charge on any atom is -0.507 e. The molecule has 6 nitrogen and oxygen atoms in total. The average molecular weight is 431 g/mol. The summed E-state index contributed by atoms with van der Waals surface area (Å²) in [7, 11) is 0. The SMILES string of the molecule is Oc1ccccc1C=NCCCN(CCCN=Cc1ccccc1O)Cc1ccccn1. The molecule has 0 bridgehead atoms. The number of phenolic OH excluding ortho intramolecular Hbond substituents is 2.